The average molecular weight is 438 g/mol. The minimum Gasteiger partial charge on any atom is -0.488 e. The Kier molecular flexibility index (Phi) is 5.63. The first kappa shape index (κ1) is 21.1. The molecule has 0 aliphatic carbocycles. The molecule has 2 aromatic carbocycles. The summed E-state index contributed by atoms with van der Waals surface area (Å²) in [6, 6.07) is 11.8. The van der Waals surface area contributed by atoms with Crippen LogP contribution in [0.2, 0.25) is 0 Å². The molecular formula is C23H17F3N4O2. The largest absolute Gasteiger partial charge is 0.488 e. The van der Waals surface area contributed by atoms with Crippen molar-refractivity contribution in [2.24, 2.45) is 5.73 Å². The first-order chi connectivity index (χ1) is 15.3. The van der Waals surface area contributed by atoms with E-state index in [-0.39, 0.29) is 29.2 Å². The summed E-state index contributed by atoms with van der Waals surface area (Å²) < 4.78 is 48.7. The molecule has 32 heavy (non-hydrogen) atoms. The van der Waals surface area contributed by atoms with Crippen molar-refractivity contribution in [1.29, 1.82) is 0 Å². The van der Waals surface area contributed by atoms with E-state index >= 15 is 0 Å². The van der Waals surface area contributed by atoms with E-state index in [1.54, 1.807) is 30.6 Å². The molecule has 0 atom stereocenters. The first-order valence-corrected chi connectivity index (χ1v) is 9.49. The third-order valence-electron chi connectivity index (χ3n) is 4.78. The quantitative estimate of drug-likeness (QED) is 0.476. The number of carbonyl (C=O) groups is 1. The van der Waals surface area contributed by atoms with Gasteiger partial charge in [0.05, 0.1) is 17.6 Å². The number of halogens is 3. The van der Waals surface area contributed by atoms with E-state index in [4.69, 9.17) is 10.5 Å². The maximum Gasteiger partial charge on any atom is 0.418 e. The van der Waals surface area contributed by atoms with Crippen LogP contribution in [-0.4, -0.2) is 20.4 Å². The Morgan fingerprint density at radius 2 is 1.88 bits per heavy atom. The van der Waals surface area contributed by atoms with E-state index in [0.29, 0.717) is 5.56 Å². The van der Waals surface area contributed by atoms with Crippen LogP contribution in [-0.2, 0) is 12.8 Å². The summed E-state index contributed by atoms with van der Waals surface area (Å²) >= 11 is 0. The molecule has 4 aromatic rings. The number of ether oxygens (including phenoxy) is 1. The van der Waals surface area contributed by atoms with Crippen LogP contribution in [0.5, 0.6) is 5.75 Å². The van der Waals surface area contributed by atoms with E-state index in [1.165, 1.54) is 47.6 Å². The standard InChI is InChI=1S/C23H17F3N4O2/c24-23(25,26)19-5-1-4-18(21(19)30-10-9-29-14-30)17-7-6-16(22(27)31)11-20(17)32-13-15-3-2-8-28-12-15/h1-12,14H,13H2,(H2,27,31). The van der Waals surface area contributed by atoms with Gasteiger partial charge < -0.3 is 15.0 Å². The van der Waals surface area contributed by atoms with Gasteiger partial charge in [0.2, 0.25) is 5.91 Å². The number of hydrogen-bond donors (Lipinski definition) is 1. The fraction of sp³-hybridized carbons (Fsp3) is 0.0870. The maximum atomic E-state index is 13.8. The first-order valence-electron chi connectivity index (χ1n) is 9.49. The number of para-hydroxylation sites is 1. The number of nitrogens with two attached hydrogens (primary N) is 1. The maximum absolute atomic E-state index is 13.8. The van der Waals surface area contributed by atoms with Crippen molar-refractivity contribution in [3.8, 4) is 22.6 Å². The Hall–Kier alpha value is -4.14. The zero-order chi connectivity index (χ0) is 22.7. The summed E-state index contributed by atoms with van der Waals surface area (Å²) in [4.78, 5) is 19.6. The number of aromatic nitrogens is 3. The molecular weight excluding hydrogens is 421 g/mol. The summed E-state index contributed by atoms with van der Waals surface area (Å²) in [6.45, 7) is 0.0996. The molecule has 0 saturated heterocycles. The molecule has 1 amide bonds. The van der Waals surface area contributed by atoms with Crippen LogP contribution in [0.4, 0.5) is 13.2 Å². The van der Waals surface area contributed by atoms with Crippen molar-refractivity contribution >= 4 is 5.91 Å². The molecule has 0 bridgehead atoms. The predicted molar refractivity (Wildman–Crippen MR) is 111 cm³/mol. The SMILES string of the molecule is NC(=O)c1ccc(-c2cccc(C(F)(F)F)c2-n2ccnc2)c(OCc2cccnc2)c1. The van der Waals surface area contributed by atoms with Crippen molar-refractivity contribution in [3.05, 3.63) is 96.3 Å². The molecule has 4 rings (SSSR count). The lowest BCUT2D eigenvalue weighted by molar-refractivity contribution is -0.137. The molecule has 0 radical (unpaired) electrons. The Bertz CT molecular complexity index is 1240. The fourth-order valence-electron chi connectivity index (χ4n) is 3.32. The molecule has 0 aliphatic rings. The van der Waals surface area contributed by atoms with E-state index in [9.17, 15) is 18.0 Å². The molecule has 0 unspecified atom stereocenters. The van der Waals surface area contributed by atoms with Gasteiger partial charge in [0, 0.05) is 47.0 Å². The molecule has 2 N–H and O–H groups in total. The molecule has 0 aliphatic heterocycles. The van der Waals surface area contributed by atoms with Gasteiger partial charge in [-0.05, 0) is 30.3 Å². The summed E-state index contributed by atoms with van der Waals surface area (Å²) in [7, 11) is 0. The van der Waals surface area contributed by atoms with Crippen LogP contribution in [0, 0.1) is 0 Å². The number of rotatable bonds is 6. The molecule has 0 spiro atoms. The number of pyridine rings is 1. The van der Waals surface area contributed by atoms with Crippen LogP contribution in [0.3, 0.4) is 0 Å². The number of benzene rings is 2. The highest BCUT2D eigenvalue weighted by atomic mass is 19.4. The van der Waals surface area contributed by atoms with Gasteiger partial charge in [0.15, 0.2) is 0 Å². The highest BCUT2D eigenvalue weighted by Gasteiger charge is 2.35. The van der Waals surface area contributed by atoms with Gasteiger partial charge in [0.1, 0.15) is 12.4 Å². The molecule has 2 heterocycles. The zero-order valence-corrected chi connectivity index (χ0v) is 16.6. The van der Waals surface area contributed by atoms with Crippen molar-refractivity contribution < 1.29 is 22.7 Å². The molecule has 0 saturated carbocycles. The third kappa shape index (κ3) is 4.31. The van der Waals surface area contributed by atoms with E-state index in [1.807, 2.05) is 0 Å². The Balaban J connectivity index is 1.88. The monoisotopic (exact) mass is 438 g/mol. The second-order valence-electron chi connectivity index (χ2n) is 6.89. The molecule has 0 fully saturated rings. The second-order valence-corrected chi connectivity index (χ2v) is 6.89. The lowest BCUT2D eigenvalue weighted by atomic mass is 9.97. The number of hydrogen-bond acceptors (Lipinski definition) is 4. The summed E-state index contributed by atoms with van der Waals surface area (Å²) in [5.74, 6) is -0.465. The number of amides is 1. The van der Waals surface area contributed by atoms with Crippen LogP contribution in [0.15, 0.2) is 79.6 Å². The van der Waals surface area contributed by atoms with Crippen LogP contribution in [0.25, 0.3) is 16.8 Å². The van der Waals surface area contributed by atoms with Crippen LogP contribution >= 0.6 is 0 Å². The van der Waals surface area contributed by atoms with E-state index < -0.39 is 17.6 Å². The van der Waals surface area contributed by atoms with Crippen molar-refractivity contribution in [1.82, 2.24) is 14.5 Å². The topological polar surface area (TPSA) is 83.0 Å². The number of primary amides is 1. The number of carbonyl (C=O) groups excluding carboxylic acids is 1. The van der Waals surface area contributed by atoms with Gasteiger partial charge in [-0.15, -0.1) is 0 Å². The van der Waals surface area contributed by atoms with Gasteiger partial charge >= 0.3 is 6.18 Å². The molecule has 9 heteroatoms. The highest BCUT2D eigenvalue weighted by molar-refractivity contribution is 5.94. The Morgan fingerprint density at radius 1 is 1.03 bits per heavy atom. The Labute approximate surface area is 181 Å². The smallest absolute Gasteiger partial charge is 0.418 e. The van der Waals surface area contributed by atoms with Gasteiger partial charge in [-0.3, -0.25) is 9.78 Å². The third-order valence-corrected chi connectivity index (χ3v) is 4.78. The Morgan fingerprint density at radius 3 is 2.53 bits per heavy atom. The second kappa shape index (κ2) is 8.54. The number of nitrogens with zero attached hydrogens (tertiary/aromatic N) is 3. The molecule has 2 aromatic heterocycles. The fourth-order valence-corrected chi connectivity index (χ4v) is 3.32. The lowest BCUT2D eigenvalue weighted by Gasteiger charge is -2.20. The van der Waals surface area contributed by atoms with Crippen molar-refractivity contribution in [2.45, 2.75) is 12.8 Å². The summed E-state index contributed by atoms with van der Waals surface area (Å²) in [5.41, 5.74) is 6.02. The normalized spacial score (nSPS) is 11.3. The van der Waals surface area contributed by atoms with Crippen LogP contribution < -0.4 is 10.5 Å². The predicted octanol–water partition coefficient (Wildman–Crippen LogP) is 4.63. The lowest BCUT2D eigenvalue weighted by Crippen LogP contribution is -2.13. The minimum atomic E-state index is -4.60. The van der Waals surface area contributed by atoms with Gasteiger partial charge in [-0.2, -0.15) is 13.2 Å². The van der Waals surface area contributed by atoms with Crippen LogP contribution in [0.1, 0.15) is 21.5 Å². The molecule has 162 valence electrons. The number of imidazole rings is 1. The van der Waals surface area contributed by atoms with Crippen molar-refractivity contribution in [2.75, 3.05) is 0 Å². The van der Waals surface area contributed by atoms with Gasteiger partial charge in [-0.25, -0.2) is 4.98 Å². The zero-order valence-electron chi connectivity index (χ0n) is 16.6. The van der Waals surface area contributed by atoms with Crippen molar-refractivity contribution in [3.63, 3.8) is 0 Å². The molecule has 6 nitrogen and oxygen atoms in total. The van der Waals surface area contributed by atoms with E-state index in [0.717, 1.165) is 11.6 Å². The van der Waals surface area contributed by atoms with Gasteiger partial charge in [-0.1, -0.05) is 18.2 Å². The number of alkyl halides is 3. The van der Waals surface area contributed by atoms with Gasteiger partial charge in [0.25, 0.3) is 0 Å². The van der Waals surface area contributed by atoms with E-state index in [2.05, 4.69) is 9.97 Å². The summed E-state index contributed by atoms with van der Waals surface area (Å²) in [5, 5.41) is 0. The minimum absolute atomic E-state index is 0.0996. The highest BCUT2D eigenvalue weighted by Crippen LogP contribution is 2.42. The average Bonchev–Trinajstić information content (AvgIpc) is 3.32. The summed E-state index contributed by atoms with van der Waals surface area (Å²) in [6.07, 6.45) is 2.75.